The van der Waals surface area contributed by atoms with Gasteiger partial charge in [0.05, 0.1) is 12.2 Å². The van der Waals surface area contributed by atoms with Crippen molar-refractivity contribution in [2.24, 2.45) is 0 Å². The largest absolute Gasteiger partial charge is 0.488 e. The number of halogens is 2. The Morgan fingerprint density at radius 1 is 1.00 bits per heavy atom. The van der Waals surface area contributed by atoms with Gasteiger partial charge in [-0.1, -0.05) is 18.2 Å². The van der Waals surface area contributed by atoms with Crippen molar-refractivity contribution in [2.45, 2.75) is 19.3 Å². The van der Waals surface area contributed by atoms with E-state index in [4.69, 9.17) is 14.6 Å². The monoisotopic (exact) mass is 336 g/mol. The summed E-state index contributed by atoms with van der Waals surface area (Å²) >= 11 is 0. The number of hydrogen-bond donors (Lipinski definition) is 1. The summed E-state index contributed by atoms with van der Waals surface area (Å²) in [5, 5.41) is 8.65. The molecule has 0 unspecified atom stereocenters. The van der Waals surface area contributed by atoms with Gasteiger partial charge in [0.2, 0.25) is 0 Å². The average Bonchev–Trinajstić information content (AvgIpc) is 2.57. The zero-order chi connectivity index (χ0) is 17.4. The summed E-state index contributed by atoms with van der Waals surface area (Å²) < 4.78 is 37.9. The highest BCUT2D eigenvalue weighted by Gasteiger charge is 2.16. The van der Waals surface area contributed by atoms with Crippen LogP contribution in [0.15, 0.2) is 42.5 Å². The van der Waals surface area contributed by atoms with Gasteiger partial charge in [-0.05, 0) is 31.4 Å². The second kappa shape index (κ2) is 8.98. The number of benzene rings is 2. The fourth-order valence-electron chi connectivity index (χ4n) is 2.04. The highest BCUT2D eigenvalue weighted by atomic mass is 19.1. The van der Waals surface area contributed by atoms with Gasteiger partial charge in [0, 0.05) is 18.7 Å². The minimum absolute atomic E-state index is 0.0736. The molecule has 24 heavy (non-hydrogen) atoms. The van der Waals surface area contributed by atoms with Crippen molar-refractivity contribution in [1.82, 2.24) is 0 Å². The minimum Gasteiger partial charge on any atom is -0.488 e. The zero-order valence-corrected chi connectivity index (χ0v) is 13.0. The lowest BCUT2D eigenvalue weighted by atomic mass is 10.2. The number of rotatable bonds is 8. The van der Waals surface area contributed by atoms with E-state index in [-0.39, 0.29) is 24.5 Å². The first-order valence-corrected chi connectivity index (χ1v) is 7.61. The van der Waals surface area contributed by atoms with Crippen molar-refractivity contribution in [2.75, 3.05) is 13.2 Å². The van der Waals surface area contributed by atoms with Crippen molar-refractivity contribution in [3.63, 3.8) is 0 Å². The van der Waals surface area contributed by atoms with Gasteiger partial charge in [-0.2, -0.15) is 0 Å². The first-order chi connectivity index (χ1) is 11.6. The highest BCUT2D eigenvalue weighted by Crippen LogP contribution is 2.27. The van der Waals surface area contributed by atoms with E-state index >= 15 is 0 Å². The topological polar surface area (TPSA) is 55.8 Å². The summed E-state index contributed by atoms with van der Waals surface area (Å²) in [6.07, 6.45) is 1.89. The Kier molecular flexibility index (Phi) is 6.69. The third kappa shape index (κ3) is 5.03. The molecule has 6 heteroatoms. The smallest absolute Gasteiger partial charge is 0.343 e. The number of aliphatic hydroxyl groups is 1. The molecule has 0 spiro atoms. The molecule has 0 fully saturated rings. The van der Waals surface area contributed by atoms with Crippen molar-refractivity contribution >= 4 is 5.97 Å². The van der Waals surface area contributed by atoms with Crippen molar-refractivity contribution < 1.29 is 28.2 Å². The molecule has 128 valence electrons. The van der Waals surface area contributed by atoms with Gasteiger partial charge in [-0.25, -0.2) is 13.6 Å². The number of ether oxygens (including phenoxy) is 2. The molecular formula is C18H18F2O4. The number of hydrogen-bond acceptors (Lipinski definition) is 4. The van der Waals surface area contributed by atoms with Crippen LogP contribution in [0.5, 0.6) is 11.5 Å². The number of carbonyl (C=O) groups excluding carboxylic acids is 1. The first-order valence-electron chi connectivity index (χ1n) is 7.61. The Morgan fingerprint density at radius 3 is 2.29 bits per heavy atom. The predicted octanol–water partition coefficient (Wildman–Crippen LogP) is 3.73. The molecule has 2 aromatic rings. The normalized spacial score (nSPS) is 10.5. The Labute approximate surface area is 138 Å². The Morgan fingerprint density at radius 2 is 1.67 bits per heavy atom. The van der Waals surface area contributed by atoms with E-state index in [0.717, 1.165) is 12.1 Å². The van der Waals surface area contributed by atoms with Crippen LogP contribution in [0.4, 0.5) is 8.78 Å². The van der Waals surface area contributed by atoms with Gasteiger partial charge in [0.1, 0.15) is 5.75 Å². The molecule has 0 aliphatic carbocycles. The standard InChI is InChI=1S/C18H18F2O4/c19-15-11-14(24-18(22)13-7-3-1-4-8-13)12-16(20)17(15)23-10-6-2-5-9-21/h1,3-4,7-8,11-12,21H,2,5-6,9-10H2. The maximum Gasteiger partial charge on any atom is 0.343 e. The van der Waals surface area contributed by atoms with Gasteiger partial charge in [-0.15, -0.1) is 0 Å². The molecule has 1 N–H and O–H groups in total. The van der Waals surface area contributed by atoms with Crippen LogP contribution < -0.4 is 9.47 Å². The summed E-state index contributed by atoms with van der Waals surface area (Å²) in [6.45, 7) is 0.210. The van der Waals surface area contributed by atoms with E-state index in [1.807, 2.05) is 0 Å². The van der Waals surface area contributed by atoms with Gasteiger partial charge in [0.15, 0.2) is 17.4 Å². The van der Waals surface area contributed by atoms with Gasteiger partial charge < -0.3 is 14.6 Å². The van der Waals surface area contributed by atoms with Crippen molar-refractivity contribution in [1.29, 1.82) is 0 Å². The molecule has 0 aromatic heterocycles. The molecule has 0 amide bonds. The van der Waals surface area contributed by atoms with Gasteiger partial charge >= 0.3 is 5.97 Å². The zero-order valence-electron chi connectivity index (χ0n) is 13.0. The van der Waals surface area contributed by atoms with Crippen LogP contribution in [0.2, 0.25) is 0 Å². The number of aliphatic hydroxyl groups excluding tert-OH is 1. The number of carbonyl (C=O) groups is 1. The fraction of sp³-hybridized carbons (Fsp3) is 0.278. The van der Waals surface area contributed by atoms with Crippen LogP contribution >= 0.6 is 0 Å². The van der Waals surface area contributed by atoms with E-state index in [9.17, 15) is 13.6 Å². The highest BCUT2D eigenvalue weighted by molar-refractivity contribution is 5.90. The predicted molar refractivity (Wildman–Crippen MR) is 84.2 cm³/mol. The third-order valence-corrected chi connectivity index (χ3v) is 3.24. The summed E-state index contributed by atoms with van der Waals surface area (Å²) in [5.41, 5.74) is 0.280. The molecule has 0 saturated carbocycles. The second-order valence-electron chi connectivity index (χ2n) is 5.10. The van der Waals surface area contributed by atoms with Gasteiger partial charge in [-0.3, -0.25) is 0 Å². The SMILES string of the molecule is O=C(Oc1cc(F)c(OCCCCCO)c(F)c1)c1ccccc1. The maximum absolute atomic E-state index is 13.9. The van der Waals surface area contributed by atoms with Crippen LogP contribution in [0, 0.1) is 11.6 Å². The average molecular weight is 336 g/mol. The lowest BCUT2D eigenvalue weighted by molar-refractivity contribution is 0.0733. The minimum atomic E-state index is -0.937. The molecule has 0 heterocycles. The van der Waals surface area contributed by atoms with E-state index in [2.05, 4.69) is 0 Å². The number of esters is 1. The molecule has 4 nitrogen and oxygen atoms in total. The lowest BCUT2D eigenvalue weighted by Gasteiger charge is -2.10. The number of unbranched alkanes of at least 4 members (excludes halogenated alkanes) is 2. The van der Waals surface area contributed by atoms with Crippen molar-refractivity contribution in [3.8, 4) is 11.5 Å². The molecule has 2 aromatic carbocycles. The first kappa shape index (κ1) is 17.9. The maximum atomic E-state index is 13.9. The summed E-state index contributed by atoms with van der Waals surface area (Å²) in [7, 11) is 0. The van der Waals surface area contributed by atoms with E-state index < -0.39 is 23.4 Å². The summed E-state index contributed by atoms with van der Waals surface area (Å²) in [6, 6.07) is 9.96. The van der Waals surface area contributed by atoms with E-state index in [0.29, 0.717) is 19.3 Å². The molecule has 0 radical (unpaired) electrons. The van der Waals surface area contributed by atoms with Crippen LogP contribution in [0.3, 0.4) is 0 Å². The second-order valence-corrected chi connectivity index (χ2v) is 5.10. The quantitative estimate of drug-likeness (QED) is 0.453. The molecule has 0 aliphatic heterocycles. The Balaban J connectivity index is 1.99. The Hall–Kier alpha value is -2.47. The van der Waals surface area contributed by atoms with Crippen LogP contribution in [-0.2, 0) is 0 Å². The van der Waals surface area contributed by atoms with Crippen LogP contribution in [-0.4, -0.2) is 24.3 Å². The van der Waals surface area contributed by atoms with Gasteiger partial charge in [0.25, 0.3) is 0 Å². The molecule has 0 bridgehead atoms. The molecule has 2 rings (SSSR count). The van der Waals surface area contributed by atoms with Crippen LogP contribution in [0.25, 0.3) is 0 Å². The van der Waals surface area contributed by atoms with Crippen molar-refractivity contribution in [3.05, 3.63) is 59.7 Å². The summed E-state index contributed by atoms with van der Waals surface area (Å²) in [4.78, 5) is 11.9. The summed E-state index contributed by atoms with van der Waals surface area (Å²) in [5.74, 6) is -3.31. The molecule has 0 saturated heterocycles. The van der Waals surface area contributed by atoms with E-state index in [1.54, 1.807) is 30.3 Å². The molecule has 0 aliphatic rings. The van der Waals surface area contributed by atoms with E-state index in [1.165, 1.54) is 0 Å². The molecular weight excluding hydrogens is 318 g/mol. The third-order valence-electron chi connectivity index (χ3n) is 3.24. The molecule has 0 atom stereocenters. The lowest BCUT2D eigenvalue weighted by Crippen LogP contribution is -2.09. The fourth-order valence-corrected chi connectivity index (χ4v) is 2.04. The van der Waals surface area contributed by atoms with Crippen LogP contribution in [0.1, 0.15) is 29.6 Å². The Bertz CT molecular complexity index is 651.